The molecule has 1 N–H and O–H groups in total. The second kappa shape index (κ2) is 5.88. The van der Waals surface area contributed by atoms with Crippen molar-refractivity contribution in [3.63, 3.8) is 0 Å². The average molecular weight is 285 g/mol. The van der Waals surface area contributed by atoms with Crippen LogP contribution in [0.1, 0.15) is 16.8 Å². The third-order valence-electron chi connectivity index (χ3n) is 3.14. The van der Waals surface area contributed by atoms with Crippen LogP contribution in [0.3, 0.4) is 0 Å². The van der Waals surface area contributed by atoms with Crippen molar-refractivity contribution in [1.29, 1.82) is 0 Å². The zero-order valence-electron chi connectivity index (χ0n) is 11.0. The highest BCUT2D eigenvalue weighted by atomic mass is 32.1. The Balaban J connectivity index is 1.53. The van der Waals surface area contributed by atoms with Gasteiger partial charge in [0, 0.05) is 31.0 Å². The van der Waals surface area contributed by atoms with Gasteiger partial charge >= 0.3 is 0 Å². The Morgan fingerprint density at radius 3 is 3.00 bits per heavy atom. The normalized spacial score (nSPS) is 10.8. The molecule has 0 fully saturated rings. The van der Waals surface area contributed by atoms with E-state index in [1.54, 1.807) is 16.8 Å². The molecule has 2 heterocycles. The van der Waals surface area contributed by atoms with Crippen LogP contribution < -0.4 is 5.32 Å². The molecule has 3 aromatic rings. The molecule has 2 aromatic heterocycles. The van der Waals surface area contributed by atoms with Gasteiger partial charge in [0.25, 0.3) is 5.91 Å². The van der Waals surface area contributed by atoms with Gasteiger partial charge in [0.05, 0.1) is 15.7 Å². The number of aryl methyl sites for hydroxylation is 1. The molecule has 0 atom stereocenters. The van der Waals surface area contributed by atoms with Crippen LogP contribution in [0.2, 0.25) is 0 Å². The number of thiazole rings is 1. The van der Waals surface area contributed by atoms with Crippen LogP contribution in [0.5, 0.6) is 0 Å². The molecule has 102 valence electrons. The Kier molecular flexibility index (Phi) is 3.78. The van der Waals surface area contributed by atoms with Gasteiger partial charge in [-0.1, -0.05) is 0 Å². The topological polar surface area (TPSA) is 46.9 Å². The number of hydrogen-bond acceptors (Lipinski definition) is 3. The number of amides is 1. The van der Waals surface area contributed by atoms with Crippen molar-refractivity contribution in [2.45, 2.75) is 13.0 Å². The smallest absolute Gasteiger partial charge is 0.251 e. The summed E-state index contributed by atoms with van der Waals surface area (Å²) < 4.78 is 3.15. The predicted molar refractivity (Wildman–Crippen MR) is 81.0 cm³/mol. The van der Waals surface area contributed by atoms with Crippen molar-refractivity contribution in [3.8, 4) is 0 Å². The van der Waals surface area contributed by atoms with Crippen molar-refractivity contribution in [3.05, 3.63) is 53.8 Å². The molecule has 0 saturated heterocycles. The number of aromatic nitrogens is 2. The first-order chi connectivity index (χ1) is 9.83. The molecule has 1 aromatic carbocycles. The largest absolute Gasteiger partial charge is 0.354 e. The fourth-order valence-electron chi connectivity index (χ4n) is 2.08. The van der Waals surface area contributed by atoms with Gasteiger partial charge in [-0.05, 0) is 36.8 Å². The second-order valence-corrected chi connectivity index (χ2v) is 5.45. The van der Waals surface area contributed by atoms with Crippen molar-refractivity contribution in [1.82, 2.24) is 14.9 Å². The Bertz CT molecular complexity index is 703. The molecule has 5 heteroatoms. The summed E-state index contributed by atoms with van der Waals surface area (Å²) in [5.41, 5.74) is 3.44. The van der Waals surface area contributed by atoms with Crippen LogP contribution in [0.15, 0.2) is 48.2 Å². The Morgan fingerprint density at radius 1 is 1.30 bits per heavy atom. The van der Waals surface area contributed by atoms with Crippen molar-refractivity contribution in [2.24, 2.45) is 0 Å². The lowest BCUT2D eigenvalue weighted by Crippen LogP contribution is -2.25. The van der Waals surface area contributed by atoms with Gasteiger partial charge in [-0.2, -0.15) is 0 Å². The van der Waals surface area contributed by atoms with Gasteiger partial charge < -0.3 is 9.88 Å². The van der Waals surface area contributed by atoms with Gasteiger partial charge in [-0.15, -0.1) is 11.3 Å². The summed E-state index contributed by atoms with van der Waals surface area (Å²) in [4.78, 5) is 16.2. The summed E-state index contributed by atoms with van der Waals surface area (Å²) in [6.07, 6.45) is 4.97. The minimum Gasteiger partial charge on any atom is -0.354 e. The average Bonchev–Trinajstić information content (AvgIpc) is 3.13. The summed E-state index contributed by atoms with van der Waals surface area (Å²) in [5, 5.41) is 2.95. The summed E-state index contributed by atoms with van der Waals surface area (Å²) in [5.74, 6) is -0.0205. The molecule has 0 saturated carbocycles. The summed E-state index contributed by atoms with van der Waals surface area (Å²) >= 11 is 1.55. The zero-order chi connectivity index (χ0) is 13.8. The summed E-state index contributed by atoms with van der Waals surface area (Å²) in [6.45, 7) is 1.60. The maximum absolute atomic E-state index is 12.0. The van der Waals surface area contributed by atoms with Crippen LogP contribution in [-0.4, -0.2) is 22.0 Å². The molecule has 0 unspecified atom stereocenters. The van der Waals surface area contributed by atoms with Crippen LogP contribution in [0.4, 0.5) is 0 Å². The van der Waals surface area contributed by atoms with Crippen molar-refractivity contribution in [2.75, 3.05) is 6.54 Å². The molecule has 0 aliphatic heterocycles. The van der Waals surface area contributed by atoms with E-state index in [1.165, 1.54) is 0 Å². The molecule has 0 radical (unpaired) electrons. The maximum Gasteiger partial charge on any atom is 0.251 e. The number of hydrogen-bond donors (Lipinski definition) is 1. The molecule has 0 aliphatic carbocycles. The lowest BCUT2D eigenvalue weighted by atomic mass is 10.2. The van der Waals surface area contributed by atoms with Gasteiger partial charge in [-0.3, -0.25) is 4.79 Å². The fraction of sp³-hybridized carbons (Fsp3) is 0.200. The molecule has 20 heavy (non-hydrogen) atoms. The standard InChI is InChI=1S/C15H15N3OS/c19-15(16-6-3-9-18-7-1-2-8-18)12-4-5-13-14(10-12)20-11-17-13/h1-2,4-5,7-8,10-11H,3,6,9H2,(H,16,19). The van der Waals surface area contributed by atoms with Gasteiger partial charge in [0.1, 0.15) is 0 Å². The van der Waals surface area contributed by atoms with Crippen molar-refractivity contribution >= 4 is 27.5 Å². The highest BCUT2D eigenvalue weighted by molar-refractivity contribution is 7.16. The first-order valence-corrected chi connectivity index (χ1v) is 7.43. The molecule has 0 spiro atoms. The molecular formula is C15H15N3OS. The van der Waals surface area contributed by atoms with E-state index in [0.717, 1.165) is 23.2 Å². The monoisotopic (exact) mass is 285 g/mol. The Morgan fingerprint density at radius 2 is 2.15 bits per heavy atom. The van der Waals surface area contributed by atoms with E-state index in [0.29, 0.717) is 12.1 Å². The fourth-order valence-corrected chi connectivity index (χ4v) is 2.80. The minimum absolute atomic E-state index is 0.0205. The third-order valence-corrected chi connectivity index (χ3v) is 3.93. The van der Waals surface area contributed by atoms with Crippen LogP contribution in [0.25, 0.3) is 10.2 Å². The van der Waals surface area contributed by atoms with E-state index in [4.69, 9.17) is 0 Å². The number of fused-ring (bicyclic) bond motifs is 1. The van der Waals surface area contributed by atoms with E-state index in [2.05, 4.69) is 14.9 Å². The molecule has 4 nitrogen and oxygen atoms in total. The Hall–Kier alpha value is -2.14. The first kappa shape index (κ1) is 12.9. The first-order valence-electron chi connectivity index (χ1n) is 6.55. The van der Waals surface area contributed by atoms with E-state index in [-0.39, 0.29) is 5.91 Å². The number of nitrogens with one attached hydrogen (secondary N) is 1. The van der Waals surface area contributed by atoms with Crippen LogP contribution >= 0.6 is 11.3 Å². The summed E-state index contributed by atoms with van der Waals surface area (Å²) in [7, 11) is 0. The number of rotatable bonds is 5. The lowest BCUT2D eigenvalue weighted by Gasteiger charge is -2.06. The van der Waals surface area contributed by atoms with Crippen molar-refractivity contribution < 1.29 is 4.79 Å². The molecular weight excluding hydrogens is 270 g/mol. The zero-order valence-corrected chi connectivity index (χ0v) is 11.8. The number of carbonyl (C=O) groups is 1. The quantitative estimate of drug-likeness (QED) is 0.733. The maximum atomic E-state index is 12.0. The van der Waals surface area contributed by atoms with E-state index in [1.807, 2.05) is 42.7 Å². The van der Waals surface area contributed by atoms with Crippen LogP contribution in [-0.2, 0) is 6.54 Å². The van der Waals surface area contributed by atoms with Gasteiger partial charge in [-0.25, -0.2) is 4.98 Å². The van der Waals surface area contributed by atoms with Gasteiger partial charge in [0.15, 0.2) is 0 Å². The molecule has 0 bridgehead atoms. The van der Waals surface area contributed by atoms with E-state index >= 15 is 0 Å². The Labute approximate surface area is 121 Å². The highest BCUT2D eigenvalue weighted by Gasteiger charge is 2.06. The van der Waals surface area contributed by atoms with Gasteiger partial charge in [0.2, 0.25) is 0 Å². The summed E-state index contributed by atoms with van der Waals surface area (Å²) in [6, 6.07) is 9.61. The second-order valence-electron chi connectivity index (χ2n) is 4.57. The lowest BCUT2D eigenvalue weighted by molar-refractivity contribution is 0.0953. The molecule has 1 amide bonds. The van der Waals surface area contributed by atoms with E-state index in [9.17, 15) is 4.79 Å². The number of benzene rings is 1. The minimum atomic E-state index is -0.0205. The number of carbonyl (C=O) groups excluding carboxylic acids is 1. The highest BCUT2D eigenvalue weighted by Crippen LogP contribution is 2.18. The number of nitrogens with zero attached hydrogens (tertiary/aromatic N) is 2. The van der Waals surface area contributed by atoms with E-state index < -0.39 is 0 Å². The molecule has 3 rings (SSSR count). The predicted octanol–water partition coefficient (Wildman–Crippen LogP) is 2.92. The SMILES string of the molecule is O=C(NCCCn1cccc1)c1ccc2ncsc2c1. The molecule has 0 aliphatic rings. The third kappa shape index (κ3) is 2.88. The van der Waals surface area contributed by atoms with Crippen LogP contribution in [0, 0.1) is 0 Å².